The Balaban J connectivity index is 1.69. The van der Waals surface area contributed by atoms with E-state index in [1.54, 1.807) is 6.07 Å². The van der Waals surface area contributed by atoms with Crippen LogP contribution in [0.1, 0.15) is 24.5 Å². The summed E-state index contributed by atoms with van der Waals surface area (Å²) < 4.78 is 103. The Bertz CT molecular complexity index is 1300. The van der Waals surface area contributed by atoms with Gasteiger partial charge in [-0.2, -0.15) is 8.78 Å². The monoisotopic (exact) mass is 484 g/mol. The van der Waals surface area contributed by atoms with Crippen molar-refractivity contribution in [3.63, 3.8) is 0 Å². The van der Waals surface area contributed by atoms with Crippen molar-refractivity contribution in [2.24, 2.45) is 0 Å². The summed E-state index contributed by atoms with van der Waals surface area (Å²) >= 11 is 1.26. The van der Waals surface area contributed by atoms with Gasteiger partial charge in [-0.15, -0.1) is 11.3 Å². The Labute approximate surface area is 188 Å². The predicted octanol–water partition coefficient (Wildman–Crippen LogP) is 8.34. The number of hydrogen-bond donors (Lipinski definition) is 0. The second-order valence-electron chi connectivity index (χ2n) is 7.37. The number of aryl methyl sites for hydroxylation is 1. The molecule has 0 spiro atoms. The maximum absolute atomic E-state index is 14.6. The molecule has 0 aliphatic carbocycles. The van der Waals surface area contributed by atoms with E-state index in [1.807, 2.05) is 25.1 Å². The molecule has 0 amide bonds. The van der Waals surface area contributed by atoms with E-state index in [2.05, 4.69) is 4.74 Å². The van der Waals surface area contributed by atoms with Crippen LogP contribution in [-0.4, -0.2) is 0 Å². The number of halogens is 7. The van der Waals surface area contributed by atoms with Gasteiger partial charge in [0.05, 0.1) is 0 Å². The van der Waals surface area contributed by atoms with Gasteiger partial charge in [-0.25, -0.2) is 22.0 Å². The molecule has 1 nitrogen and oxygen atoms in total. The summed E-state index contributed by atoms with van der Waals surface area (Å²) in [5.41, 5.74) is -0.582. The molecule has 9 heteroatoms. The molecule has 0 N–H and O–H groups in total. The largest absolute Gasteiger partial charge is 0.432 e. The van der Waals surface area contributed by atoms with Crippen LogP contribution in [0, 0.1) is 29.1 Å². The predicted molar refractivity (Wildman–Crippen MR) is 112 cm³/mol. The quantitative estimate of drug-likeness (QED) is 0.197. The highest BCUT2D eigenvalue weighted by molar-refractivity contribution is 7.22. The fourth-order valence-electron chi connectivity index (χ4n) is 3.45. The molecule has 0 unspecified atom stereocenters. The Morgan fingerprint density at radius 1 is 0.818 bits per heavy atom. The SMILES string of the molecule is CCCc1ccc2cc(-c3cc(F)c(C(F)(F)Oc4cc(F)c(F)c(F)c4)c(F)c3)sc2c1. The Morgan fingerprint density at radius 3 is 2.06 bits per heavy atom. The molecule has 0 bridgehead atoms. The minimum absolute atomic E-state index is 0.0432. The first-order valence-corrected chi connectivity index (χ1v) is 10.6. The van der Waals surface area contributed by atoms with Gasteiger partial charge in [0.2, 0.25) is 0 Å². The Hall–Kier alpha value is -3.07. The van der Waals surface area contributed by atoms with E-state index in [0.29, 0.717) is 4.88 Å². The fourth-order valence-corrected chi connectivity index (χ4v) is 4.56. The van der Waals surface area contributed by atoms with Crippen molar-refractivity contribution in [1.82, 2.24) is 0 Å². The van der Waals surface area contributed by atoms with Crippen LogP contribution in [0.25, 0.3) is 20.5 Å². The van der Waals surface area contributed by atoms with Crippen LogP contribution in [0.3, 0.4) is 0 Å². The molecule has 4 aromatic rings. The number of thiophene rings is 1. The first-order valence-electron chi connectivity index (χ1n) is 9.82. The van der Waals surface area contributed by atoms with Gasteiger partial charge in [-0.3, -0.25) is 0 Å². The second-order valence-corrected chi connectivity index (χ2v) is 8.45. The molecular formula is C24H15F7OS. The van der Waals surface area contributed by atoms with Crippen molar-refractivity contribution in [2.45, 2.75) is 25.9 Å². The standard InChI is InChI=1S/C24H15F7OS/c1-2-3-12-4-5-13-9-21(33-20(13)6-12)14-7-16(25)22(17(26)8-14)24(30,31)32-15-10-18(27)23(29)19(28)11-15/h4-11H,2-3H2,1H3. The van der Waals surface area contributed by atoms with Gasteiger partial charge in [0.1, 0.15) is 22.9 Å². The number of hydrogen-bond acceptors (Lipinski definition) is 2. The van der Waals surface area contributed by atoms with Gasteiger partial charge in [0.15, 0.2) is 17.5 Å². The molecule has 0 saturated heterocycles. The minimum atomic E-state index is -4.63. The number of rotatable bonds is 6. The van der Waals surface area contributed by atoms with Crippen molar-refractivity contribution in [2.75, 3.05) is 0 Å². The lowest BCUT2D eigenvalue weighted by atomic mass is 10.1. The summed E-state index contributed by atoms with van der Waals surface area (Å²) in [6.45, 7) is 2.04. The Kier molecular flexibility index (Phi) is 6.09. The average molecular weight is 484 g/mol. The van der Waals surface area contributed by atoms with Crippen molar-refractivity contribution in [3.05, 3.63) is 88.7 Å². The molecule has 172 valence electrons. The molecule has 4 rings (SSSR count). The lowest BCUT2D eigenvalue weighted by Gasteiger charge is -2.20. The highest BCUT2D eigenvalue weighted by Gasteiger charge is 2.41. The first-order chi connectivity index (χ1) is 15.6. The third kappa shape index (κ3) is 4.55. The molecule has 1 heterocycles. The zero-order valence-electron chi connectivity index (χ0n) is 17.0. The van der Waals surface area contributed by atoms with E-state index in [0.717, 1.165) is 40.6 Å². The summed E-state index contributed by atoms with van der Waals surface area (Å²) in [4.78, 5) is 0.468. The minimum Gasteiger partial charge on any atom is -0.429 e. The van der Waals surface area contributed by atoms with Gasteiger partial charge in [-0.05, 0) is 47.2 Å². The average Bonchev–Trinajstić information content (AvgIpc) is 3.14. The molecular weight excluding hydrogens is 469 g/mol. The van der Waals surface area contributed by atoms with Crippen molar-refractivity contribution in [1.29, 1.82) is 0 Å². The van der Waals surface area contributed by atoms with Crippen molar-refractivity contribution in [3.8, 4) is 16.2 Å². The van der Waals surface area contributed by atoms with Crippen LogP contribution < -0.4 is 4.74 Å². The van der Waals surface area contributed by atoms with Crippen LogP contribution in [0.4, 0.5) is 30.7 Å². The van der Waals surface area contributed by atoms with E-state index in [1.165, 1.54) is 11.3 Å². The van der Waals surface area contributed by atoms with Gasteiger partial charge in [-0.1, -0.05) is 25.5 Å². The normalized spacial score (nSPS) is 11.9. The summed E-state index contributed by atoms with van der Waals surface area (Å²) in [5, 5.41) is 0.841. The van der Waals surface area contributed by atoms with Crippen LogP contribution in [0.2, 0.25) is 0 Å². The van der Waals surface area contributed by atoms with E-state index >= 15 is 0 Å². The molecule has 0 saturated carbocycles. The van der Waals surface area contributed by atoms with E-state index in [4.69, 9.17) is 0 Å². The highest BCUT2D eigenvalue weighted by Crippen LogP contribution is 2.40. The number of benzene rings is 3. The summed E-state index contributed by atoms with van der Waals surface area (Å²) in [6.07, 6.45) is -2.80. The molecule has 0 aliphatic rings. The molecule has 0 fully saturated rings. The maximum atomic E-state index is 14.6. The fraction of sp³-hybridized carbons (Fsp3) is 0.167. The van der Waals surface area contributed by atoms with Crippen LogP contribution >= 0.6 is 11.3 Å². The topological polar surface area (TPSA) is 9.23 Å². The lowest BCUT2D eigenvalue weighted by Crippen LogP contribution is -2.25. The lowest BCUT2D eigenvalue weighted by molar-refractivity contribution is -0.189. The van der Waals surface area contributed by atoms with Crippen LogP contribution in [0.15, 0.2) is 48.5 Å². The first kappa shape index (κ1) is 23.1. The van der Waals surface area contributed by atoms with Crippen molar-refractivity contribution >= 4 is 21.4 Å². The zero-order chi connectivity index (χ0) is 23.9. The number of alkyl halides is 2. The Morgan fingerprint density at radius 2 is 1.45 bits per heavy atom. The highest BCUT2D eigenvalue weighted by atomic mass is 32.1. The molecule has 3 aromatic carbocycles. The summed E-state index contributed by atoms with van der Waals surface area (Å²) in [6, 6.07) is 9.27. The maximum Gasteiger partial charge on any atom is 0.432 e. The van der Waals surface area contributed by atoms with E-state index < -0.39 is 46.5 Å². The summed E-state index contributed by atoms with van der Waals surface area (Å²) in [5.74, 6) is -9.82. The van der Waals surface area contributed by atoms with E-state index in [-0.39, 0.29) is 17.7 Å². The molecule has 0 atom stereocenters. The smallest absolute Gasteiger partial charge is 0.429 e. The van der Waals surface area contributed by atoms with Crippen LogP contribution in [-0.2, 0) is 12.5 Å². The molecule has 0 aliphatic heterocycles. The van der Waals surface area contributed by atoms with Gasteiger partial charge < -0.3 is 4.74 Å². The van der Waals surface area contributed by atoms with Gasteiger partial charge in [0, 0.05) is 21.7 Å². The molecule has 33 heavy (non-hydrogen) atoms. The second kappa shape index (κ2) is 8.70. The molecule has 0 radical (unpaired) electrons. The van der Waals surface area contributed by atoms with Gasteiger partial charge >= 0.3 is 6.11 Å². The number of ether oxygens (including phenoxy) is 1. The summed E-state index contributed by atoms with van der Waals surface area (Å²) in [7, 11) is 0. The molecule has 1 aromatic heterocycles. The van der Waals surface area contributed by atoms with Crippen molar-refractivity contribution < 1.29 is 35.5 Å². The van der Waals surface area contributed by atoms with Crippen LogP contribution in [0.5, 0.6) is 5.75 Å². The third-order valence-corrected chi connectivity index (χ3v) is 6.09. The number of fused-ring (bicyclic) bond motifs is 1. The van der Waals surface area contributed by atoms with Gasteiger partial charge in [0.25, 0.3) is 0 Å². The zero-order valence-corrected chi connectivity index (χ0v) is 17.8. The third-order valence-electron chi connectivity index (χ3n) is 4.94. The van der Waals surface area contributed by atoms with E-state index in [9.17, 15) is 30.7 Å².